The average Bonchev–Trinajstić information content (AvgIpc) is 2.82. The Morgan fingerprint density at radius 2 is 2.06 bits per heavy atom. The first-order valence-electron chi connectivity index (χ1n) is 5.49. The molecule has 0 radical (unpaired) electrons. The Kier molecular flexibility index (Phi) is 2.33. The van der Waals surface area contributed by atoms with Gasteiger partial charge in [0.1, 0.15) is 24.5 Å². The summed E-state index contributed by atoms with van der Waals surface area (Å²) in [5.41, 5.74) is 1.31. The van der Waals surface area contributed by atoms with Gasteiger partial charge in [0.25, 0.3) is 0 Å². The van der Waals surface area contributed by atoms with E-state index in [1.165, 1.54) is 5.56 Å². The van der Waals surface area contributed by atoms with Crippen molar-refractivity contribution in [1.29, 1.82) is 0 Å². The van der Waals surface area contributed by atoms with Crippen LogP contribution in [0.5, 0.6) is 5.75 Å². The molecule has 2 heterocycles. The highest BCUT2D eigenvalue weighted by Crippen LogP contribution is 2.27. The van der Waals surface area contributed by atoms with Gasteiger partial charge in [0.15, 0.2) is 0 Å². The first kappa shape index (κ1) is 9.39. The Hall–Kier alpha value is -1.84. The number of para-hydroxylation sites is 1. The third-order valence-electron chi connectivity index (χ3n) is 2.88. The predicted molar refractivity (Wildman–Crippen MR) is 59.2 cm³/mol. The van der Waals surface area contributed by atoms with Crippen molar-refractivity contribution in [3.63, 3.8) is 0 Å². The fourth-order valence-electron chi connectivity index (χ4n) is 2.06. The molecule has 0 saturated carbocycles. The highest BCUT2D eigenvalue weighted by Gasteiger charge is 2.19. The molecule has 3 rings (SSSR count). The monoisotopic (exact) mass is 215 g/mol. The molecular formula is C12H13N3O. The van der Waals surface area contributed by atoms with Gasteiger partial charge >= 0.3 is 0 Å². The molecule has 1 atom stereocenters. The van der Waals surface area contributed by atoms with Crippen LogP contribution in [0, 0.1) is 0 Å². The maximum absolute atomic E-state index is 5.93. The lowest BCUT2D eigenvalue weighted by molar-refractivity contribution is 0.154. The van der Waals surface area contributed by atoms with Crippen LogP contribution < -0.4 is 4.74 Å². The summed E-state index contributed by atoms with van der Waals surface area (Å²) in [4.78, 5) is 0. The number of rotatable bonds is 2. The minimum atomic E-state index is 0.228. The van der Waals surface area contributed by atoms with E-state index in [9.17, 15) is 0 Å². The summed E-state index contributed by atoms with van der Waals surface area (Å²) in [6.07, 6.45) is 5.82. The molecule has 0 spiro atoms. The Morgan fingerprint density at radius 3 is 2.94 bits per heavy atom. The van der Waals surface area contributed by atoms with Crippen LogP contribution in [0.15, 0.2) is 36.9 Å². The minimum absolute atomic E-state index is 0.228. The van der Waals surface area contributed by atoms with Crippen molar-refractivity contribution < 1.29 is 4.74 Å². The summed E-state index contributed by atoms with van der Waals surface area (Å²) in [5, 5.41) is 7.58. The topological polar surface area (TPSA) is 39.9 Å². The summed E-state index contributed by atoms with van der Waals surface area (Å²) in [6, 6.07) is 8.24. The van der Waals surface area contributed by atoms with E-state index in [2.05, 4.69) is 22.3 Å². The van der Waals surface area contributed by atoms with E-state index >= 15 is 0 Å². The van der Waals surface area contributed by atoms with E-state index in [1.807, 2.05) is 16.7 Å². The molecule has 16 heavy (non-hydrogen) atoms. The molecule has 1 aliphatic heterocycles. The van der Waals surface area contributed by atoms with Gasteiger partial charge in [-0.15, -0.1) is 10.2 Å². The van der Waals surface area contributed by atoms with E-state index < -0.39 is 0 Å². The number of ether oxygens (including phenoxy) is 1. The van der Waals surface area contributed by atoms with Crippen molar-refractivity contribution in [3.05, 3.63) is 42.5 Å². The van der Waals surface area contributed by atoms with Crippen LogP contribution in [0.3, 0.4) is 0 Å². The van der Waals surface area contributed by atoms with E-state index in [4.69, 9.17) is 4.74 Å². The van der Waals surface area contributed by atoms with E-state index in [1.54, 1.807) is 12.7 Å². The smallest absolute Gasteiger partial charge is 0.123 e. The Bertz CT molecular complexity index is 467. The molecule has 1 aromatic heterocycles. The molecule has 0 N–H and O–H groups in total. The summed E-state index contributed by atoms with van der Waals surface area (Å²) in [5.74, 6) is 1.02. The lowest BCUT2D eigenvalue weighted by atomic mass is 10.0. The molecule has 2 aromatic rings. The summed E-state index contributed by atoms with van der Waals surface area (Å²) < 4.78 is 7.89. The molecule has 0 aliphatic carbocycles. The molecule has 0 saturated heterocycles. The van der Waals surface area contributed by atoms with Gasteiger partial charge in [-0.3, -0.25) is 0 Å². The van der Waals surface area contributed by atoms with Crippen LogP contribution in [0.2, 0.25) is 0 Å². The van der Waals surface area contributed by atoms with Gasteiger partial charge in [-0.2, -0.15) is 0 Å². The van der Waals surface area contributed by atoms with Crippen molar-refractivity contribution >= 4 is 0 Å². The molecule has 4 heteroatoms. The highest BCUT2D eigenvalue weighted by molar-refractivity contribution is 5.35. The highest BCUT2D eigenvalue weighted by atomic mass is 16.5. The normalized spacial score (nSPS) is 18.9. The van der Waals surface area contributed by atoms with Gasteiger partial charge in [-0.1, -0.05) is 18.2 Å². The number of aryl methyl sites for hydroxylation is 1. The molecule has 1 aromatic carbocycles. The molecule has 0 amide bonds. The fraction of sp³-hybridized carbons (Fsp3) is 0.333. The van der Waals surface area contributed by atoms with Gasteiger partial charge in [-0.05, 0) is 24.5 Å². The third kappa shape index (κ3) is 1.78. The molecule has 4 nitrogen and oxygen atoms in total. The fourth-order valence-corrected chi connectivity index (χ4v) is 2.06. The van der Waals surface area contributed by atoms with Crippen molar-refractivity contribution in [3.8, 4) is 5.75 Å². The Balaban J connectivity index is 1.73. The Morgan fingerprint density at radius 1 is 1.25 bits per heavy atom. The van der Waals surface area contributed by atoms with Crippen molar-refractivity contribution in [2.75, 3.05) is 0 Å². The van der Waals surface area contributed by atoms with Gasteiger partial charge in [-0.25, -0.2) is 0 Å². The zero-order chi connectivity index (χ0) is 10.8. The van der Waals surface area contributed by atoms with Gasteiger partial charge in [0.05, 0.1) is 6.54 Å². The summed E-state index contributed by atoms with van der Waals surface area (Å²) >= 11 is 0. The van der Waals surface area contributed by atoms with Gasteiger partial charge in [0.2, 0.25) is 0 Å². The van der Waals surface area contributed by atoms with Crippen LogP contribution in [0.4, 0.5) is 0 Å². The second-order valence-corrected chi connectivity index (χ2v) is 4.04. The number of benzene rings is 1. The molecule has 0 fully saturated rings. The quantitative estimate of drug-likeness (QED) is 0.765. The number of fused-ring (bicyclic) bond motifs is 1. The van der Waals surface area contributed by atoms with Crippen LogP contribution in [0.25, 0.3) is 0 Å². The predicted octanol–water partition coefficient (Wildman–Crippen LogP) is 1.67. The summed E-state index contributed by atoms with van der Waals surface area (Å²) in [6.45, 7) is 0.821. The largest absolute Gasteiger partial charge is 0.488 e. The van der Waals surface area contributed by atoms with Gasteiger partial charge in [0, 0.05) is 0 Å². The molecule has 0 unspecified atom stereocenters. The number of hydrogen-bond acceptors (Lipinski definition) is 3. The van der Waals surface area contributed by atoms with E-state index in [0.717, 1.165) is 25.1 Å². The number of nitrogens with zero attached hydrogens (tertiary/aromatic N) is 3. The maximum Gasteiger partial charge on any atom is 0.123 e. The molecule has 1 aliphatic rings. The zero-order valence-electron chi connectivity index (χ0n) is 8.91. The SMILES string of the molecule is c1ccc2c(c1)CC[C@H](Cn1cnnc1)O2. The lowest BCUT2D eigenvalue weighted by Gasteiger charge is -2.26. The molecule has 0 bridgehead atoms. The standard InChI is InChI=1S/C12H13N3O/c1-2-4-12-10(3-1)5-6-11(16-12)7-15-8-13-14-9-15/h1-4,8-9,11H,5-7H2/t11-/m1/s1. The maximum atomic E-state index is 5.93. The second kappa shape index (κ2) is 3.96. The van der Waals surface area contributed by atoms with Gasteiger partial charge < -0.3 is 9.30 Å². The van der Waals surface area contributed by atoms with Crippen molar-refractivity contribution in [2.24, 2.45) is 0 Å². The van der Waals surface area contributed by atoms with Crippen LogP contribution in [-0.4, -0.2) is 20.9 Å². The van der Waals surface area contributed by atoms with Crippen LogP contribution in [-0.2, 0) is 13.0 Å². The van der Waals surface area contributed by atoms with Crippen LogP contribution in [0.1, 0.15) is 12.0 Å². The van der Waals surface area contributed by atoms with Crippen molar-refractivity contribution in [1.82, 2.24) is 14.8 Å². The summed E-state index contributed by atoms with van der Waals surface area (Å²) in [7, 11) is 0. The van der Waals surface area contributed by atoms with Crippen LogP contribution >= 0.6 is 0 Å². The second-order valence-electron chi connectivity index (χ2n) is 4.04. The number of aromatic nitrogens is 3. The first-order valence-corrected chi connectivity index (χ1v) is 5.49. The average molecular weight is 215 g/mol. The Labute approximate surface area is 93.9 Å². The van der Waals surface area contributed by atoms with E-state index in [-0.39, 0.29) is 6.10 Å². The third-order valence-corrected chi connectivity index (χ3v) is 2.88. The first-order chi connectivity index (χ1) is 7.92. The molecule has 82 valence electrons. The number of hydrogen-bond donors (Lipinski definition) is 0. The van der Waals surface area contributed by atoms with Crippen molar-refractivity contribution in [2.45, 2.75) is 25.5 Å². The molecular weight excluding hydrogens is 202 g/mol. The lowest BCUT2D eigenvalue weighted by Crippen LogP contribution is -2.27. The zero-order valence-corrected chi connectivity index (χ0v) is 8.91. The van der Waals surface area contributed by atoms with E-state index in [0.29, 0.717) is 0 Å². The minimum Gasteiger partial charge on any atom is -0.488 e.